The highest BCUT2D eigenvalue weighted by atomic mass is 32.2. The number of aromatic nitrogens is 3. The van der Waals surface area contributed by atoms with E-state index in [4.69, 9.17) is 19.9 Å². The second-order valence-corrected chi connectivity index (χ2v) is 17.6. The van der Waals surface area contributed by atoms with Crippen LogP contribution in [0.25, 0.3) is 0 Å². The van der Waals surface area contributed by atoms with Crippen LogP contribution in [0.1, 0.15) is 187 Å². The number of amides is 1. The Morgan fingerprint density at radius 3 is 1.72 bits per heavy atom. The number of carbonyl (C=O) groups excluding carboxylic acids is 3. The maximum Gasteiger partial charge on any atom is 0.306 e. The van der Waals surface area contributed by atoms with Gasteiger partial charge < -0.3 is 45.7 Å². The molecule has 16 heteroatoms. The highest BCUT2D eigenvalue weighted by Crippen LogP contribution is 2.28. The molecule has 0 spiro atoms. The molecule has 1 aliphatic heterocycles. The standard InChI is InChI=1S/C44H81N5O10S/c1-3-5-7-9-11-13-15-17-19-21-23-25-27-38(51)57-31-34(58-39(52)28-26-24-22-20-18-16-14-12-10-8-6-4-2)32-60-33-35(45)43(56)46-37-29-49(48-47-37)44-42(55)41(54)40(53)36(30-50)59-44/h29,34-36,40-42,44,50,53-55H,3-28,30-33,45H2,1-2H3,(H,46,56). The molecule has 2 rings (SSSR count). The monoisotopic (exact) mass is 872 g/mol. The van der Waals surface area contributed by atoms with E-state index in [-0.39, 0.29) is 42.3 Å². The van der Waals surface area contributed by atoms with Crippen LogP contribution in [0.2, 0.25) is 0 Å². The molecule has 1 saturated heterocycles. The van der Waals surface area contributed by atoms with Crippen LogP contribution in [0, 0.1) is 0 Å². The third kappa shape index (κ3) is 23.8. The molecule has 7 N–H and O–H groups in total. The van der Waals surface area contributed by atoms with E-state index in [9.17, 15) is 34.8 Å². The van der Waals surface area contributed by atoms with Crippen molar-refractivity contribution in [3.8, 4) is 0 Å². The van der Waals surface area contributed by atoms with Gasteiger partial charge >= 0.3 is 11.9 Å². The largest absolute Gasteiger partial charge is 0.462 e. The Morgan fingerprint density at radius 1 is 0.733 bits per heavy atom. The molecule has 0 radical (unpaired) electrons. The van der Waals surface area contributed by atoms with Crippen LogP contribution < -0.4 is 11.1 Å². The molecule has 0 bridgehead atoms. The number of anilines is 1. The maximum atomic E-state index is 12.9. The highest BCUT2D eigenvalue weighted by Gasteiger charge is 2.44. The maximum absolute atomic E-state index is 12.9. The molecule has 1 fully saturated rings. The molecule has 7 atom stereocenters. The number of hydrogen-bond acceptors (Lipinski definition) is 14. The number of rotatable bonds is 37. The summed E-state index contributed by atoms with van der Waals surface area (Å²) in [5.74, 6) is -0.799. The van der Waals surface area contributed by atoms with E-state index in [1.54, 1.807) is 0 Å². The molecule has 1 aromatic rings. The fourth-order valence-electron chi connectivity index (χ4n) is 7.22. The normalized spacial score (nSPS) is 20.1. The van der Waals surface area contributed by atoms with Crippen molar-refractivity contribution < 1.29 is 49.0 Å². The number of ether oxygens (including phenoxy) is 3. The summed E-state index contributed by atoms with van der Waals surface area (Å²) in [7, 11) is 0. The minimum Gasteiger partial charge on any atom is -0.462 e. The van der Waals surface area contributed by atoms with Crippen molar-refractivity contribution in [1.29, 1.82) is 0 Å². The average molecular weight is 872 g/mol. The molecule has 15 nitrogen and oxygen atoms in total. The van der Waals surface area contributed by atoms with Crippen LogP contribution >= 0.6 is 11.8 Å². The van der Waals surface area contributed by atoms with E-state index >= 15 is 0 Å². The number of thioether (sulfide) groups is 1. The quantitative estimate of drug-likeness (QED) is 0.0296. The summed E-state index contributed by atoms with van der Waals surface area (Å²) in [6.45, 7) is 3.80. The summed E-state index contributed by atoms with van der Waals surface area (Å²) in [5.41, 5.74) is 6.17. The predicted molar refractivity (Wildman–Crippen MR) is 235 cm³/mol. The summed E-state index contributed by atoms with van der Waals surface area (Å²) < 4.78 is 17.9. The Kier molecular flexibility index (Phi) is 30.6. The molecule has 2 heterocycles. The van der Waals surface area contributed by atoms with Crippen molar-refractivity contribution in [2.75, 3.05) is 30.0 Å². The third-order valence-corrected chi connectivity index (χ3v) is 12.2. The molecule has 0 aliphatic carbocycles. The molecular weight excluding hydrogens is 791 g/mol. The van der Waals surface area contributed by atoms with E-state index < -0.39 is 55.3 Å². The molecule has 1 aliphatic rings. The van der Waals surface area contributed by atoms with Crippen LogP contribution in [0.5, 0.6) is 0 Å². The minimum atomic E-state index is -1.60. The van der Waals surface area contributed by atoms with Crippen molar-refractivity contribution in [2.24, 2.45) is 5.73 Å². The number of aliphatic hydroxyl groups is 4. The van der Waals surface area contributed by atoms with Crippen molar-refractivity contribution in [3.63, 3.8) is 0 Å². The lowest BCUT2D eigenvalue weighted by atomic mass is 9.98. The van der Waals surface area contributed by atoms with Gasteiger partial charge in [-0.25, -0.2) is 4.68 Å². The number of nitrogens with one attached hydrogen (secondary N) is 1. The number of aliphatic hydroxyl groups excluding tert-OH is 4. The van der Waals surface area contributed by atoms with Crippen LogP contribution in [0.3, 0.4) is 0 Å². The Labute approximate surface area is 364 Å². The van der Waals surface area contributed by atoms with Crippen LogP contribution in [-0.2, 0) is 28.6 Å². The second kappa shape index (κ2) is 34.2. The average Bonchev–Trinajstić information content (AvgIpc) is 3.70. The van der Waals surface area contributed by atoms with Crippen molar-refractivity contribution >= 4 is 35.4 Å². The van der Waals surface area contributed by atoms with Crippen LogP contribution in [0.4, 0.5) is 5.82 Å². The van der Waals surface area contributed by atoms with Gasteiger partial charge in [0.25, 0.3) is 0 Å². The lowest BCUT2D eigenvalue weighted by Crippen LogP contribution is -2.56. The second-order valence-electron chi connectivity index (χ2n) is 16.5. The first-order chi connectivity index (χ1) is 29.1. The molecular formula is C44H81N5O10S. The van der Waals surface area contributed by atoms with E-state index in [0.717, 1.165) is 43.2 Å². The van der Waals surface area contributed by atoms with Gasteiger partial charge in [-0.1, -0.05) is 160 Å². The fourth-order valence-corrected chi connectivity index (χ4v) is 8.19. The Balaban J connectivity index is 1.76. The van der Waals surface area contributed by atoms with E-state index in [2.05, 4.69) is 29.5 Å². The molecule has 7 unspecified atom stereocenters. The fraction of sp³-hybridized carbons (Fsp3) is 0.886. The zero-order chi connectivity index (χ0) is 43.8. The smallest absolute Gasteiger partial charge is 0.306 e. The Hall–Kier alpha value is -2.34. The Morgan fingerprint density at radius 2 is 1.22 bits per heavy atom. The summed E-state index contributed by atoms with van der Waals surface area (Å²) in [4.78, 5) is 38.4. The van der Waals surface area contributed by atoms with Gasteiger partial charge in [-0.05, 0) is 12.8 Å². The van der Waals surface area contributed by atoms with E-state index in [1.807, 2.05) is 0 Å². The minimum absolute atomic E-state index is 0.00194. The van der Waals surface area contributed by atoms with Gasteiger partial charge in [-0.15, -0.1) is 5.10 Å². The summed E-state index contributed by atoms with van der Waals surface area (Å²) >= 11 is 1.29. The van der Waals surface area contributed by atoms with Crippen molar-refractivity contribution in [1.82, 2.24) is 15.0 Å². The SMILES string of the molecule is CCCCCCCCCCCCCCC(=O)OCC(CSCC(N)C(=O)Nc1cn(C2OC(CO)C(O)C(O)C2O)nn1)OC(=O)CCCCCCCCCCCCCC. The first kappa shape index (κ1) is 53.8. The van der Waals surface area contributed by atoms with Crippen molar-refractivity contribution in [2.45, 2.75) is 224 Å². The third-order valence-electron chi connectivity index (χ3n) is 11.0. The topological polar surface area (TPSA) is 229 Å². The molecule has 60 heavy (non-hydrogen) atoms. The van der Waals surface area contributed by atoms with Gasteiger partial charge in [-0.3, -0.25) is 14.4 Å². The lowest BCUT2D eigenvalue weighted by molar-refractivity contribution is -0.254. The predicted octanol–water partition coefficient (Wildman–Crippen LogP) is 6.89. The molecule has 348 valence electrons. The van der Waals surface area contributed by atoms with Gasteiger partial charge in [0.15, 0.2) is 12.0 Å². The molecule has 0 saturated carbocycles. The number of nitrogens with zero attached hydrogens (tertiary/aromatic N) is 3. The van der Waals surface area contributed by atoms with Gasteiger partial charge in [0, 0.05) is 24.3 Å². The number of carbonyl (C=O) groups is 3. The zero-order valence-corrected chi connectivity index (χ0v) is 37.7. The Bertz CT molecular complexity index is 1260. The highest BCUT2D eigenvalue weighted by molar-refractivity contribution is 7.99. The number of nitrogens with two attached hydrogens (primary N) is 1. The molecule has 0 aromatic carbocycles. The molecule has 1 aromatic heterocycles. The van der Waals surface area contributed by atoms with E-state index in [1.165, 1.54) is 134 Å². The van der Waals surface area contributed by atoms with Crippen LogP contribution in [0.15, 0.2) is 6.20 Å². The summed E-state index contributed by atoms with van der Waals surface area (Å²) in [5, 5.41) is 50.3. The number of hydrogen-bond donors (Lipinski definition) is 6. The lowest BCUT2D eigenvalue weighted by Gasteiger charge is -2.39. The van der Waals surface area contributed by atoms with Gasteiger partial charge in [-0.2, -0.15) is 11.8 Å². The zero-order valence-electron chi connectivity index (χ0n) is 36.9. The number of unbranched alkanes of at least 4 members (excludes halogenated alkanes) is 22. The van der Waals surface area contributed by atoms with Crippen LogP contribution in [-0.4, -0.2) is 115 Å². The van der Waals surface area contributed by atoms with E-state index in [0.29, 0.717) is 6.42 Å². The summed E-state index contributed by atoms with van der Waals surface area (Å²) in [6, 6.07) is -0.988. The first-order valence-corrected chi connectivity index (χ1v) is 24.5. The van der Waals surface area contributed by atoms with Gasteiger partial charge in [0.2, 0.25) is 5.91 Å². The van der Waals surface area contributed by atoms with Gasteiger partial charge in [0.05, 0.1) is 18.8 Å². The number of esters is 2. The first-order valence-electron chi connectivity index (χ1n) is 23.3. The summed E-state index contributed by atoms with van der Waals surface area (Å²) in [6.07, 6.45) is 22.8. The van der Waals surface area contributed by atoms with Crippen molar-refractivity contribution in [3.05, 3.63) is 6.20 Å². The molecule has 1 amide bonds. The van der Waals surface area contributed by atoms with Gasteiger partial charge in [0.1, 0.15) is 37.1 Å².